The summed E-state index contributed by atoms with van der Waals surface area (Å²) in [5.41, 5.74) is 0.929. The average molecular weight is 349 g/mol. The molecule has 1 saturated heterocycles. The molecule has 1 amide bonds. The highest BCUT2D eigenvalue weighted by Gasteiger charge is 2.25. The van der Waals surface area contributed by atoms with Crippen molar-refractivity contribution in [2.75, 3.05) is 19.7 Å². The Kier molecular flexibility index (Phi) is 5.16. The number of aryl methyl sites for hydroxylation is 2. The smallest absolute Gasteiger partial charge is 0.227 e. The van der Waals surface area contributed by atoms with E-state index < -0.39 is 0 Å². The van der Waals surface area contributed by atoms with Crippen molar-refractivity contribution in [2.45, 2.75) is 32.9 Å². The molecule has 1 unspecified atom stereocenters. The molecule has 0 radical (unpaired) electrons. The van der Waals surface area contributed by atoms with Crippen LogP contribution in [0.25, 0.3) is 0 Å². The summed E-state index contributed by atoms with van der Waals surface area (Å²) in [5, 5.41) is 5.01. The number of amides is 1. The van der Waals surface area contributed by atoms with Crippen LogP contribution in [0.3, 0.4) is 0 Å². The minimum Gasteiger partial charge on any atom is -0.373 e. The van der Waals surface area contributed by atoms with Crippen molar-refractivity contribution in [3.05, 3.63) is 46.5 Å². The standard InChI is InChI=1S/C17H21ClN4O2/c1-12-19-13(2)22(20-12)11-16-10-21(6-7-24-16)17(23)9-14-4-3-5-15(18)8-14/h3-5,8,16H,6-7,9-11H2,1-2H3. The van der Waals surface area contributed by atoms with Gasteiger partial charge in [0.1, 0.15) is 11.6 Å². The monoisotopic (exact) mass is 348 g/mol. The fourth-order valence-corrected chi connectivity index (χ4v) is 3.13. The molecule has 2 aromatic rings. The fourth-order valence-electron chi connectivity index (χ4n) is 2.92. The third-order valence-electron chi connectivity index (χ3n) is 4.08. The number of carbonyl (C=O) groups excluding carboxylic acids is 1. The summed E-state index contributed by atoms with van der Waals surface area (Å²) in [5.74, 6) is 1.70. The summed E-state index contributed by atoms with van der Waals surface area (Å²) in [7, 11) is 0. The van der Waals surface area contributed by atoms with Crippen molar-refractivity contribution in [3.8, 4) is 0 Å². The van der Waals surface area contributed by atoms with E-state index in [-0.39, 0.29) is 12.0 Å². The van der Waals surface area contributed by atoms with Crippen LogP contribution >= 0.6 is 11.6 Å². The SMILES string of the molecule is Cc1nc(C)n(CC2CN(C(=O)Cc3cccc(Cl)c3)CCO2)n1. The van der Waals surface area contributed by atoms with Gasteiger partial charge in [-0.1, -0.05) is 23.7 Å². The highest BCUT2D eigenvalue weighted by Crippen LogP contribution is 2.14. The number of carbonyl (C=O) groups is 1. The molecule has 24 heavy (non-hydrogen) atoms. The van der Waals surface area contributed by atoms with Gasteiger partial charge in [-0.05, 0) is 31.5 Å². The maximum Gasteiger partial charge on any atom is 0.227 e. The van der Waals surface area contributed by atoms with E-state index in [4.69, 9.17) is 16.3 Å². The number of hydrogen-bond donors (Lipinski definition) is 0. The van der Waals surface area contributed by atoms with Gasteiger partial charge in [0.2, 0.25) is 5.91 Å². The van der Waals surface area contributed by atoms with E-state index >= 15 is 0 Å². The molecule has 0 bridgehead atoms. The molecule has 0 saturated carbocycles. The van der Waals surface area contributed by atoms with Crippen molar-refractivity contribution >= 4 is 17.5 Å². The number of nitrogens with zero attached hydrogens (tertiary/aromatic N) is 4. The van der Waals surface area contributed by atoms with Gasteiger partial charge >= 0.3 is 0 Å². The van der Waals surface area contributed by atoms with E-state index in [9.17, 15) is 4.79 Å². The van der Waals surface area contributed by atoms with E-state index in [1.54, 1.807) is 0 Å². The lowest BCUT2D eigenvalue weighted by Gasteiger charge is -2.33. The molecule has 1 fully saturated rings. The van der Waals surface area contributed by atoms with Crippen LogP contribution in [0, 0.1) is 13.8 Å². The largest absolute Gasteiger partial charge is 0.373 e. The van der Waals surface area contributed by atoms with Crippen LogP contribution in [0.2, 0.25) is 5.02 Å². The lowest BCUT2D eigenvalue weighted by Crippen LogP contribution is -2.47. The zero-order valence-corrected chi connectivity index (χ0v) is 14.7. The quantitative estimate of drug-likeness (QED) is 0.848. The molecule has 1 aromatic carbocycles. The van der Waals surface area contributed by atoms with E-state index in [0.717, 1.165) is 17.2 Å². The summed E-state index contributed by atoms with van der Waals surface area (Å²) in [6.07, 6.45) is 0.288. The first kappa shape index (κ1) is 16.9. The van der Waals surface area contributed by atoms with Crippen LogP contribution in [-0.4, -0.2) is 51.4 Å². The molecule has 1 aliphatic heterocycles. The van der Waals surface area contributed by atoms with Gasteiger partial charge in [0.15, 0.2) is 0 Å². The molecule has 0 aliphatic carbocycles. The Morgan fingerprint density at radius 1 is 1.42 bits per heavy atom. The van der Waals surface area contributed by atoms with Crippen LogP contribution in [0.5, 0.6) is 0 Å². The molecule has 2 heterocycles. The highest BCUT2D eigenvalue weighted by molar-refractivity contribution is 6.30. The third kappa shape index (κ3) is 4.13. The van der Waals surface area contributed by atoms with E-state index in [0.29, 0.717) is 37.7 Å². The second kappa shape index (κ2) is 7.32. The maximum absolute atomic E-state index is 12.5. The number of morpholine rings is 1. The Balaban J connectivity index is 1.60. The molecule has 3 rings (SSSR count). The van der Waals surface area contributed by atoms with Gasteiger partial charge < -0.3 is 9.64 Å². The van der Waals surface area contributed by atoms with E-state index in [1.807, 2.05) is 47.7 Å². The predicted molar refractivity (Wildman–Crippen MR) is 91.0 cm³/mol. The van der Waals surface area contributed by atoms with Gasteiger partial charge in [-0.2, -0.15) is 5.10 Å². The molecule has 1 atom stereocenters. The normalized spacial score (nSPS) is 18.0. The van der Waals surface area contributed by atoms with Crippen molar-refractivity contribution in [1.29, 1.82) is 0 Å². The van der Waals surface area contributed by atoms with Crippen molar-refractivity contribution in [2.24, 2.45) is 0 Å². The number of rotatable bonds is 4. The minimum absolute atomic E-state index is 0.0677. The predicted octanol–water partition coefficient (Wildman–Crippen LogP) is 2.02. The summed E-state index contributed by atoms with van der Waals surface area (Å²) >= 11 is 5.98. The van der Waals surface area contributed by atoms with Crippen molar-refractivity contribution in [3.63, 3.8) is 0 Å². The van der Waals surface area contributed by atoms with Gasteiger partial charge in [0.05, 0.1) is 25.7 Å². The Morgan fingerprint density at radius 2 is 2.25 bits per heavy atom. The van der Waals surface area contributed by atoms with Crippen LogP contribution in [-0.2, 0) is 22.5 Å². The molecule has 1 aromatic heterocycles. The topological polar surface area (TPSA) is 60.2 Å². The zero-order chi connectivity index (χ0) is 17.1. The summed E-state index contributed by atoms with van der Waals surface area (Å²) in [6, 6.07) is 7.42. The molecule has 6 nitrogen and oxygen atoms in total. The number of aromatic nitrogens is 3. The second-order valence-corrected chi connectivity index (χ2v) is 6.46. The minimum atomic E-state index is -0.0677. The van der Waals surface area contributed by atoms with Gasteiger partial charge in [-0.15, -0.1) is 0 Å². The molecule has 0 spiro atoms. The molecule has 0 N–H and O–H groups in total. The van der Waals surface area contributed by atoms with E-state index in [1.165, 1.54) is 0 Å². The number of benzene rings is 1. The second-order valence-electron chi connectivity index (χ2n) is 6.03. The van der Waals surface area contributed by atoms with Gasteiger partial charge in [0.25, 0.3) is 0 Å². The van der Waals surface area contributed by atoms with Crippen LogP contribution in [0.1, 0.15) is 17.2 Å². The van der Waals surface area contributed by atoms with E-state index in [2.05, 4.69) is 10.1 Å². The number of halogens is 1. The van der Waals surface area contributed by atoms with Crippen LogP contribution < -0.4 is 0 Å². The first-order valence-corrected chi connectivity index (χ1v) is 8.41. The molecule has 128 valence electrons. The Hall–Kier alpha value is -1.92. The average Bonchev–Trinajstić information content (AvgIpc) is 2.85. The molecule has 1 aliphatic rings. The summed E-state index contributed by atoms with van der Waals surface area (Å²) < 4.78 is 7.63. The highest BCUT2D eigenvalue weighted by atomic mass is 35.5. The van der Waals surface area contributed by atoms with Gasteiger partial charge in [0, 0.05) is 18.1 Å². The Bertz CT molecular complexity index is 731. The van der Waals surface area contributed by atoms with Crippen molar-refractivity contribution < 1.29 is 9.53 Å². The summed E-state index contributed by atoms with van der Waals surface area (Å²) in [6.45, 7) is 6.12. The number of hydrogen-bond acceptors (Lipinski definition) is 4. The molecular formula is C17H21ClN4O2. The zero-order valence-electron chi connectivity index (χ0n) is 13.9. The first-order valence-electron chi connectivity index (χ1n) is 8.03. The molecular weight excluding hydrogens is 328 g/mol. The number of ether oxygens (including phenoxy) is 1. The molecule has 7 heteroatoms. The van der Waals surface area contributed by atoms with Gasteiger partial charge in [-0.3, -0.25) is 4.79 Å². The fraction of sp³-hybridized carbons (Fsp3) is 0.471. The lowest BCUT2D eigenvalue weighted by atomic mass is 10.1. The maximum atomic E-state index is 12.5. The van der Waals surface area contributed by atoms with Crippen LogP contribution in [0.4, 0.5) is 0 Å². The first-order chi connectivity index (χ1) is 11.5. The summed E-state index contributed by atoms with van der Waals surface area (Å²) in [4.78, 5) is 18.7. The Labute approximate surface area is 146 Å². The van der Waals surface area contributed by atoms with Gasteiger partial charge in [-0.25, -0.2) is 9.67 Å². The lowest BCUT2D eigenvalue weighted by molar-refractivity contribution is -0.138. The Morgan fingerprint density at radius 3 is 2.96 bits per heavy atom. The third-order valence-corrected chi connectivity index (χ3v) is 4.31. The van der Waals surface area contributed by atoms with Crippen LogP contribution in [0.15, 0.2) is 24.3 Å². The van der Waals surface area contributed by atoms with Crippen molar-refractivity contribution in [1.82, 2.24) is 19.7 Å².